The summed E-state index contributed by atoms with van der Waals surface area (Å²) in [6.07, 6.45) is 3.67. The average Bonchev–Trinajstić information content (AvgIpc) is 3.25. The molecular formula is C50H30N4. The molecule has 0 N–H and O–H groups in total. The van der Waals surface area contributed by atoms with Gasteiger partial charge in [-0.2, -0.15) is 0 Å². The molecule has 0 unspecified atom stereocenters. The first-order chi connectivity index (χ1) is 26.7. The lowest BCUT2D eigenvalue weighted by Crippen LogP contribution is -1.89. The Balaban J connectivity index is 0.909. The van der Waals surface area contributed by atoms with E-state index in [1.54, 1.807) is 0 Å². The molecule has 54 heavy (non-hydrogen) atoms. The van der Waals surface area contributed by atoms with Crippen molar-refractivity contribution in [2.24, 2.45) is 0 Å². The van der Waals surface area contributed by atoms with Crippen LogP contribution in [0, 0.1) is 0 Å². The van der Waals surface area contributed by atoms with Crippen LogP contribution in [0.25, 0.3) is 110 Å². The average molecular weight is 687 g/mol. The molecule has 0 aliphatic heterocycles. The molecule has 11 aromatic rings. The Morgan fingerprint density at radius 1 is 0.296 bits per heavy atom. The molecule has 0 bridgehead atoms. The van der Waals surface area contributed by atoms with Crippen LogP contribution in [0.5, 0.6) is 0 Å². The van der Waals surface area contributed by atoms with Gasteiger partial charge in [-0.3, -0.25) is 9.97 Å². The van der Waals surface area contributed by atoms with Crippen LogP contribution in [-0.4, -0.2) is 19.9 Å². The number of nitrogens with zero attached hydrogens (tertiary/aromatic N) is 4. The first kappa shape index (κ1) is 30.3. The zero-order chi connectivity index (χ0) is 35.6. The van der Waals surface area contributed by atoms with Gasteiger partial charge in [0, 0.05) is 44.9 Å². The van der Waals surface area contributed by atoms with E-state index in [4.69, 9.17) is 9.97 Å². The topological polar surface area (TPSA) is 51.6 Å². The lowest BCUT2D eigenvalue weighted by atomic mass is 9.91. The van der Waals surface area contributed by atoms with E-state index < -0.39 is 0 Å². The molecule has 4 aromatic heterocycles. The first-order valence-corrected chi connectivity index (χ1v) is 18.2. The standard InChI is InChI=1S/C50H30N4/c1-2-8-44-42(33-13-15-34(16-14-33)45-25-21-37-18-17-35-5-3-27-51-47(35)49(37)53-45)24-23-41(43(44)7-1)32-11-9-31(10-12-32)38-22-26-46-40(29-38)30-39-20-19-36-6-4-28-52-48(36)50(39)54-46/h1-30H. The van der Waals surface area contributed by atoms with Gasteiger partial charge in [0.15, 0.2) is 0 Å². The zero-order valence-electron chi connectivity index (χ0n) is 29.1. The fourth-order valence-electron chi connectivity index (χ4n) is 7.97. The molecule has 0 radical (unpaired) electrons. The van der Waals surface area contributed by atoms with Crippen molar-refractivity contribution in [2.75, 3.05) is 0 Å². The minimum Gasteiger partial charge on any atom is -0.254 e. The molecule has 0 saturated heterocycles. The quantitative estimate of drug-likeness (QED) is 0.137. The molecule has 250 valence electrons. The van der Waals surface area contributed by atoms with Crippen LogP contribution in [0.2, 0.25) is 0 Å². The lowest BCUT2D eigenvalue weighted by Gasteiger charge is -2.13. The Hall–Kier alpha value is -7.30. The molecule has 11 rings (SSSR count). The molecule has 0 aliphatic rings. The summed E-state index contributed by atoms with van der Waals surface area (Å²) in [7, 11) is 0. The van der Waals surface area contributed by atoms with E-state index in [-0.39, 0.29) is 0 Å². The molecule has 0 atom stereocenters. The van der Waals surface area contributed by atoms with Crippen LogP contribution >= 0.6 is 0 Å². The van der Waals surface area contributed by atoms with Crippen molar-refractivity contribution in [3.05, 3.63) is 182 Å². The maximum atomic E-state index is 5.06. The van der Waals surface area contributed by atoms with Gasteiger partial charge < -0.3 is 0 Å². The smallest absolute Gasteiger partial charge is 0.0972 e. The maximum Gasteiger partial charge on any atom is 0.0972 e. The molecular weight excluding hydrogens is 657 g/mol. The van der Waals surface area contributed by atoms with Gasteiger partial charge in [-0.1, -0.05) is 133 Å². The Bertz CT molecular complexity index is 3260. The number of aromatic nitrogens is 4. The molecule has 0 spiro atoms. The molecule has 0 saturated carbocycles. The molecule has 0 amide bonds. The predicted octanol–water partition coefficient (Wildman–Crippen LogP) is 12.9. The van der Waals surface area contributed by atoms with Crippen molar-refractivity contribution >= 4 is 65.3 Å². The second-order valence-corrected chi connectivity index (χ2v) is 13.9. The maximum absolute atomic E-state index is 5.06. The third kappa shape index (κ3) is 5.00. The van der Waals surface area contributed by atoms with Gasteiger partial charge in [-0.15, -0.1) is 0 Å². The second-order valence-electron chi connectivity index (χ2n) is 13.9. The molecule has 4 heteroatoms. The zero-order valence-corrected chi connectivity index (χ0v) is 29.1. The normalized spacial score (nSPS) is 11.7. The van der Waals surface area contributed by atoms with Crippen LogP contribution < -0.4 is 0 Å². The highest BCUT2D eigenvalue weighted by Gasteiger charge is 2.12. The highest BCUT2D eigenvalue weighted by atomic mass is 14.8. The van der Waals surface area contributed by atoms with Gasteiger partial charge in [-0.25, -0.2) is 9.97 Å². The van der Waals surface area contributed by atoms with E-state index in [0.29, 0.717) is 0 Å². The molecule has 4 heterocycles. The molecule has 7 aromatic carbocycles. The predicted molar refractivity (Wildman–Crippen MR) is 224 cm³/mol. The van der Waals surface area contributed by atoms with Gasteiger partial charge in [0.05, 0.1) is 33.3 Å². The minimum absolute atomic E-state index is 0.930. The number of hydrogen-bond donors (Lipinski definition) is 0. The third-order valence-corrected chi connectivity index (χ3v) is 10.7. The van der Waals surface area contributed by atoms with Crippen molar-refractivity contribution in [3.8, 4) is 44.6 Å². The van der Waals surface area contributed by atoms with E-state index in [2.05, 4.69) is 168 Å². The second kappa shape index (κ2) is 12.1. The monoisotopic (exact) mass is 686 g/mol. The van der Waals surface area contributed by atoms with Gasteiger partial charge in [0.1, 0.15) is 0 Å². The van der Waals surface area contributed by atoms with Crippen molar-refractivity contribution in [2.45, 2.75) is 0 Å². The van der Waals surface area contributed by atoms with Gasteiger partial charge in [-0.05, 0) is 80.6 Å². The van der Waals surface area contributed by atoms with E-state index in [9.17, 15) is 0 Å². The number of rotatable bonds is 4. The summed E-state index contributed by atoms with van der Waals surface area (Å²) in [5.74, 6) is 0. The van der Waals surface area contributed by atoms with Crippen LogP contribution in [0.4, 0.5) is 0 Å². The van der Waals surface area contributed by atoms with E-state index in [0.717, 1.165) is 65.8 Å². The van der Waals surface area contributed by atoms with Crippen molar-refractivity contribution in [3.63, 3.8) is 0 Å². The Kier molecular flexibility index (Phi) is 6.82. The molecule has 0 fully saturated rings. The number of benzene rings is 7. The summed E-state index contributed by atoms with van der Waals surface area (Å²) in [6.45, 7) is 0. The molecule has 4 nitrogen and oxygen atoms in total. The first-order valence-electron chi connectivity index (χ1n) is 18.2. The van der Waals surface area contributed by atoms with Gasteiger partial charge in [0.2, 0.25) is 0 Å². The van der Waals surface area contributed by atoms with E-state index in [1.165, 1.54) is 44.2 Å². The third-order valence-electron chi connectivity index (χ3n) is 10.7. The Labute approximate surface area is 311 Å². The summed E-state index contributed by atoms with van der Waals surface area (Å²) in [6, 6.07) is 60.5. The lowest BCUT2D eigenvalue weighted by molar-refractivity contribution is 1.37. The number of fused-ring (bicyclic) bond motifs is 8. The van der Waals surface area contributed by atoms with Gasteiger partial charge >= 0.3 is 0 Å². The highest BCUT2D eigenvalue weighted by Crippen LogP contribution is 2.38. The van der Waals surface area contributed by atoms with Crippen molar-refractivity contribution in [1.29, 1.82) is 0 Å². The largest absolute Gasteiger partial charge is 0.254 e. The summed E-state index contributed by atoms with van der Waals surface area (Å²) < 4.78 is 0. The highest BCUT2D eigenvalue weighted by molar-refractivity contribution is 6.08. The fourth-order valence-corrected chi connectivity index (χ4v) is 7.97. The van der Waals surface area contributed by atoms with E-state index >= 15 is 0 Å². The van der Waals surface area contributed by atoms with E-state index in [1.807, 2.05) is 24.5 Å². The summed E-state index contributed by atoms with van der Waals surface area (Å²) in [5.41, 5.74) is 13.9. The Morgan fingerprint density at radius 2 is 0.815 bits per heavy atom. The SMILES string of the molecule is c1cnc2c(c1)ccc1ccc(-c3ccc(-c4ccc(-c5ccc(-c6ccc7nc8c(ccc9cccnc98)cc7c6)cc5)c5ccccc45)cc3)nc12. The fraction of sp³-hybridized carbons (Fsp3) is 0. The summed E-state index contributed by atoms with van der Waals surface area (Å²) in [5, 5.41) is 7.97. The summed E-state index contributed by atoms with van der Waals surface area (Å²) in [4.78, 5) is 19.3. The minimum atomic E-state index is 0.930. The van der Waals surface area contributed by atoms with Crippen LogP contribution in [0.3, 0.4) is 0 Å². The van der Waals surface area contributed by atoms with Crippen molar-refractivity contribution in [1.82, 2.24) is 19.9 Å². The number of hydrogen-bond acceptors (Lipinski definition) is 4. The summed E-state index contributed by atoms with van der Waals surface area (Å²) >= 11 is 0. The van der Waals surface area contributed by atoms with Crippen molar-refractivity contribution < 1.29 is 0 Å². The Morgan fingerprint density at radius 3 is 1.46 bits per heavy atom. The van der Waals surface area contributed by atoms with Crippen LogP contribution in [0.15, 0.2) is 182 Å². The van der Waals surface area contributed by atoms with Gasteiger partial charge in [0.25, 0.3) is 0 Å². The van der Waals surface area contributed by atoms with Crippen LogP contribution in [-0.2, 0) is 0 Å². The van der Waals surface area contributed by atoms with Crippen LogP contribution in [0.1, 0.15) is 0 Å². The molecule has 0 aliphatic carbocycles. The number of pyridine rings is 4.